The minimum absolute atomic E-state index is 0.00181. The monoisotopic (exact) mass is 281 g/mol. The molecular formula is C14H11N5O2. The first kappa shape index (κ1) is 12.9. The zero-order valence-electron chi connectivity index (χ0n) is 11.0. The molecule has 2 N–H and O–H groups in total. The average Bonchev–Trinajstić information content (AvgIpc) is 2.97. The molecule has 1 aliphatic rings. The van der Waals surface area contributed by atoms with Crippen molar-refractivity contribution in [3.8, 4) is 17.2 Å². The molecule has 7 heteroatoms. The second kappa shape index (κ2) is 4.76. The predicted molar refractivity (Wildman–Crippen MR) is 75.6 cm³/mol. The molecule has 1 aromatic heterocycles. The molecule has 2 aromatic rings. The van der Waals surface area contributed by atoms with Crippen molar-refractivity contribution in [3.05, 3.63) is 51.5 Å². The molecule has 0 bridgehead atoms. The van der Waals surface area contributed by atoms with Crippen LogP contribution >= 0.6 is 0 Å². The van der Waals surface area contributed by atoms with Gasteiger partial charge < -0.3 is 9.88 Å². The summed E-state index contributed by atoms with van der Waals surface area (Å²) in [6.45, 7) is 0.953. The van der Waals surface area contributed by atoms with E-state index in [2.05, 4.69) is 5.32 Å². The summed E-state index contributed by atoms with van der Waals surface area (Å²) >= 11 is 0. The molecule has 0 amide bonds. The number of hydrogen-bond acceptors (Lipinski definition) is 5. The topological polar surface area (TPSA) is 108 Å². The molecule has 0 unspecified atom stereocenters. The first-order chi connectivity index (χ1) is 10.1. The fourth-order valence-corrected chi connectivity index (χ4v) is 2.59. The van der Waals surface area contributed by atoms with Gasteiger partial charge in [0.15, 0.2) is 5.82 Å². The quantitative estimate of drug-likeness (QED) is 0.646. The number of nitrogens with zero attached hydrogens (tertiary/aromatic N) is 3. The summed E-state index contributed by atoms with van der Waals surface area (Å²) in [4.78, 5) is 11.0. The zero-order chi connectivity index (χ0) is 15.0. The van der Waals surface area contributed by atoms with Crippen LogP contribution in [0.15, 0.2) is 30.3 Å². The molecule has 0 saturated heterocycles. The van der Waals surface area contributed by atoms with Crippen molar-refractivity contribution in [1.82, 2.24) is 4.57 Å². The Hall–Kier alpha value is -3.14. The van der Waals surface area contributed by atoms with E-state index in [1.807, 2.05) is 6.07 Å². The molecule has 0 fully saturated rings. The Kier molecular flexibility index (Phi) is 2.92. The fraction of sp³-hybridized carbons (Fsp3) is 0.143. The molecule has 1 aliphatic heterocycles. The van der Waals surface area contributed by atoms with Gasteiger partial charge in [-0.2, -0.15) is 5.26 Å². The summed E-state index contributed by atoms with van der Waals surface area (Å²) in [6.07, 6.45) is 0. The maximum atomic E-state index is 11.5. The summed E-state index contributed by atoms with van der Waals surface area (Å²) in [5.74, 6) is 0.294. The lowest BCUT2D eigenvalue weighted by molar-refractivity contribution is -0.383. The predicted octanol–water partition coefficient (Wildman–Crippen LogP) is 1.84. The number of nitrogens with one attached hydrogen (secondary N) is 2. The van der Waals surface area contributed by atoms with E-state index in [1.165, 1.54) is 4.57 Å². The van der Waals surface area contributed by atoms with Crippen LogP contribution in [0.2, 0.25) is 0 Å². The van der Waals surface area contributed by atoms with Gasteiger partial charge in [0, 0.05) is 13.1 Å². The molecule has 104 valence electrons. The van der Waals surface area contributed by atoms with Crippen LogP contribution in [0.25, 0.3) is 11.1 Å². The summed E-state index contributed by atoms with van der Waals surface area (Å²) in [7, 11) is 0. The third kappa shape index (κ3) is 1.85. The summed E-state index contributed by atoms with van der Waals surface area (Å²) in [6, 6.07) is 10.6. The number of aromatic nitrogens is 1. The first-order valence-electron chi connectivity index (χ1n) is 6.34. The van der Waals surface area contributed by atoms with Gasteiger partial charge >= 0.3 is 5.69 Å². The van der Waals surface area contributed by atoms with Crippen molar-refractivity contribution in [2.24, 2.45) is 0 Å². The normalized spacial score (nSPS) is 12.3. The Morgan fingerprint density at radius 2 is 2.10 bits per heavy atom. The Morgan fingerprint density at radius 3 is 2.71 bits per heavy atom. The Balaban J connectivity index is 2.48. The number of nitro groups is 1. The van der Waals surface area contributed by atoms with E-state index in [1.54, 1.807) is 30.3 Å². The highest BCUT2D eigenvalue weighted by atomic mass is 16.6. The highest BCUT2D eigenvalue weighted by molar-refractivity contribution is 5.85. The molecule has 1 aromatic carbocycles. The first-order valence-corrected chi connectivity index (χ1v) is 6.34. The second-order valence-corrected chi connectivity index (χ2v) is 4.61. The van der Waals surface area contributed by atoms with Gasteiger partial charge in [-0.1, -0.05) is 30.3 Å². The van der Waals surface area contributed by atoms with E-state index < -0.39 is 4.92 Å². The van der Waals surface area contributed by atoms with E-state index in [-0.39, 0.29) is 22.3 Å². The van der Waals surface area contributed by atoms with Gasteiger partial charge in [-0.25, -0.2) is 0 Å². The van der Waals surface area contributed by atoms with Crippen molar-refractivity contribution in [2.45, 2.75) is 6.54 Å². The largest absolute Gasteiger partial charge is 0.364 e. The van der Waals surface area contributed by atoms with Gasteiger partial charge in [-0.3, -0.25) is 15.5 Å². The lowest BCUT2D eigenvalue weighted by Crippen LogP contribution is -2.23. The lowest BCUT2D eigenvalue weighted by atomic mass is 9.99. The van der Waals surface area contributed by atoms with Crippen LogP contribution in [0.4, 0.5) is 11.5 Å². The van der Waals surface area contributed by atoms with Crippen molar-refractivity contribution >= 4 is 11.5 Å². The number of nitriles is 1. The van der Waals surface area contributed by atoms with Gasteiger partial charge in [-0.15, -0.1) is 0 Å². The van der Waals surface area contributed by atoms with E-state index >= 15 is 0 Å². The summed E-state index contributed by atoms with van der Waals surface area (Å²) in [5, 5.41) is 32.0. The van der Waals surface area contributed by atoms with Gasteiger partial charge in [0.2, 0.25) is 0 Å². The third-order valence-electron chi connectivity index (χ3n) is 3.47. The van der Waals surface area contributed by atoms with Crippen molar-refractivity contribution < 1.29 is 4.92 Å². The summed E-state index contributed by atoms with van der Waals surface area (Å²) in [5.41, 5.74) is 0.647. The van der Waals surface area contributed by atoms with Crippen molar-refractivity contribution in [1.29, 1.82) is 10.7 Å². The van der Waals surface area contributed by atoms with Crippen LogP contribution < -0.4 is 10.8 Å². The van der Waals surface area contributed by atoms with E-state index in [9.17, 15) is 15.4 Å². The molecule has 3 rings (SSSR count). The molecule has 21 heavy (non-hydrogen) atoms. The highest BCUT2D eigenvalue weighted by Gasteiger charge is 2.31. The minimum Gasteiger partial charge on any atom is -0.364 e. The number of hydrogen-bond donors (Lipinski definition) is 2. The molecular weight excluding hydrogens is 270 g/mol. The maximum absolute atomic E-state index is 11.5. The average molecular weight is 281 g/mol. The van der Waals surface area contributed by atoms with Crippen molar-refractivity contribution in [3.63, 3.8) is 0 Å². The van der Waals surface area contributed by atoms with Gasteiger partial charge in [-0.05, 0) is 5.56 Å². The number of rotatable bonds is 2. The lowest BCUT2D eigenvalue weighted by Gasteiger charge is -2.11. The Labute approximate surface area is 119 Å². The molecule has 0 atom stereocenters. The zero-order valence-corrected chi connectivity index (χ0v) is 11.0. The van der Waals surface area contributed by atoms with Gasteiger partial charge in [0.1, 0.15) is 17.1 Å². The van der Waals surface area contributed by atoms with E-state index in [0.29, 0.717) is 24.5 Å². The number of anilines is 1. The van der Waals surface area contributed by atoms with Crippen LogP contribution in [0, 0.1) is 26.9 Å². The molecule has 7 nitrogen and oxygen atoms in total. The summed E-state index contributed by atoms with van der Waals surface area (Å²) < 4.78 is 1.48. The van der Waals surface area contributed by atoms with Crippen LogP contribution in [-0.2, 0) is 6.54 Å². The van der Waals surface area contributed by atoms with Crippen LogP contribution in [-0.4, -0.2) is 16.0 Å². The number of benzene rings is 1. The van der Waals surface area contributed by atoms with Crippen LogP contribution in [0.3, 0.4) is 0 Å². The van der Waals surface area contributed by atoms with Crippen molar-refractivity contribution in [2.75, 3.05) is 11.9 Å². The molecule has 0 saturated carbocycles. The van der Waals surface area contributed by atoms with Gasteiger partial charge in [0.05, 0.1) is 10.5 Å². The fourth-order valence-electron chi connectivity index (χ4n) is 2.59. The Morgan fingerprint density at radius 1 is 1.38 bits per heavy atom. The number of pyridine rings is 1. The smallest absolute Gasteiger partial charge is 0.318 e. The van der Waals surface area contributed by atoms with Gasteiger partial charge in [0.25, 0.3) is 0 Å². The highest BCUT2D eigenvalue weighted by Crippen LogP contribution is 2.38. The minimum atomic E-state index is -0.493. The van der Waals surface area contributed by atoms with E-state index in [0.717, 1.165) is 0 Å². The Bertz CT molecular complexity index is 833. The molecule has 0 spiro atoms. The molecule has 0 radical (unpaired) electrons. The molecule has 0 aliphatic carbocycles. The second-order valence-electron chi connectivity index (χ2n) is 4.61. The van der Waals surface area contributed by atoms with E-state index in [4.69, 9.17) is 5.41 Å². The standard InChI is InChI=1S/C14H11N5O2/c15-8-10-11(9-4-2-1-3-5-9)12(19(20)21)14-17-6-7-18(14)13(10)16/h1-5,16-17H,6-7H2. The van der Waals surface area contributed by atoms with Crippen LogP contribution in [0.5, 0.6) is 0 Å². The van der Waals surface area contributed by atoms with Crippen LogP contribution in [0.1, 0.15) is 5.56 Å². The third-order valence-corrected chi connectivity index (χ3v) is 3.47. The molecule has 2 heterocycles. The number of fused-ring (bicyclic) bond motifs is 1. The maximum Gasteiger partial charge on any atom is 0.318 e. The SMILES string of the molecule is N#Cc1c(-c2ccccc2)c([N+](=O)[O-])c2n(c1=N)CCN2.